The average molecular weight is 533 g/mol. The Hall–Kier alpha value is -3.76. The van der Waals surface area contributed by atoms with Gasteiger partial charge in [0.15, 0.2) is 11.5 Å². The van der Waals surface area contributed by atoms with Crippen LogP contribution >= 0.6 is 11.6 Å². The molecule has 0 fully saturated rings. The molecule has 1 aliphatic carbocycles. The van der Waals surface area contributed by atoms with Crippen molar-refractivity contribution in [2.45, 2.75) is 31.5 Å². The molecule has 7 nitrogen and oxygen atoms in total. The van der Waals surface area contributed by atoms with E-state index in [0.29, 0.717) is 5.56 Å². The van der Waals surface area contributed by atoms with Crippen molar-refractivity contribution in [2.75, 3.05) is 0 Å². The highest BCUT2D eigenvalue weighted by Crippen LogP contribution is 2.50. The third kappa shape index (κ3) is 4.70. The van der Waals surface area contributed by atoms with Crippen LogP contribution in [-0.2, 0) is 10.4 Å². The number of halogens is 4. The Balaban J connectivity index is 1.73. The molecule has 0 amide bonds. The Morgan fingerprint density at radius 1 is 1.22 bits per heavy atom. The number of benzene rings is 1. The van der Waals surface area contributed by atoms with Gasteiger partial charge >= 0.3 is 12.1 Å². The zero-order chi connectivity index (χ0) is 27.1. The Kier molecular flexibility index (Phi) is 6.83. The number of pyridine rings is 1. The van der Waals surface area contributed by atoms with E-state index in [9.17, 15) is 27.9 Å². The van der Waals surface area contributed by atoms with Crippen molar-refractivity contribution in [2.24, 2.45) is 5.92 Å². The molecule has 2 aromatic heterocycles. The first-order valence-corrected chi connectivity index (χ1v) is 11.4. The van der Waals surface area contributed by atoms with Gasteiger partial charge in [-0.2, -0.15) is 13.2 Å². The fourth-order valence-corrected chi connectivity index (χ4v) is 4.40. The predicted octanol–water partition coefficient (Wildman–Crippen LogP) is 5.80. The van der Waals surface area contributed by atoms with Gasteiger partial charge in [-0.15, -0.1) is 0 Å². The molecular formula is C26H20ClF3N2O5. The first-order valence-electron chi connectivity index (χ1n) is 11.0. The van der Waals surface area contributed by atoms with Crippen LogP contribution in [0.2, 0.25) is 5.02 Å². The van der Waals surface area contributed by atoms with Crippen molar-refractivity contribution in [3.8, 4) is 11.3 Å². The first kappa shape index (κ1) is 26.3. The van der Waals surface area contributed by atoms with Gasteiger partial charge in [0.1, 0.15) is 5.69 Å². The van der Waals surface area contributed by atoms with Gasteiger partial charge < -0.3 is 14.6 Å². The van der Waals surface area contributed by atoms with Gasteiger partial charge in [0.25, 0.3) is 0 Å². The minimum Gasteiger partial charge on any atom is -0.477 e. The minimum atomic E-state index is -5.21. The van der Waals surface area contributed by atoms with E-state index in [2.05, 4.69) is 9.97 Å². The second-order valence-corrected chi connectivity index (χ2v) is 8.99. The van der Waals surface area contributed by atoms with Crippen molar-refractivity contribution in [1.29, 1.82) is 0 Å². The summed E-state index contributed by atoms with van der Waals surface area (Å²) < 4.78 is 48.5. The summed E-state index contributed by atoms with van der Waals surface area (Å²) >= 11 is 6.35. The number of carbonyl (C=O) groups is 2. The number of aromatic carboxylic acids is 1. The average Bonchev–Trinajstić information content (AvgIpc) is 3.34. The molecule has 11 heteroatoms. The predicted molar refractivity (Wildman–Crippen MR) is 128 cm³/mol. The number of alkyl halides is 3. The molecule has 0 spiro atoms. The fourth-order valence-electron chi connectivity index (χ4n) is 4.06. The lowest BCUT2D eigenvalue weighted by Gasteiger charge is -2.34. The lowest BCUT2D eigenvalue weighted by molar-refractivity contribution is -0.280. The number of aliphatic hydroxyl groups is 1. The zero-order valence-corrected chi connectivity index (χ0v) is 20.2. The van der Waals surface area contributed by atoms with Gasteiger partial charge in [0.2, 0.25) is 11.5 Å². The van der Waals surface area contributed by atoms with E-state index in [1.54, 1.807) is 19.1 Å². The highest BCUT2D eigenvalue weighted by molar-refractivity contribution is 6.31. The van der Waals surface area contributed by atoms with E-state index in [4.69, 9.17) is 21.1 Å². The van der Waals surface area contributed by atoms with Crippen LogP contribution in [0.1, 0.15) is 47.5 Å². The van der Waals surface area contributed by atoms with Crippen LogP contribution in [0.4, 0.5) is 13.2 Å². The maximum Gasteiger partial charge on any atom is 0.425 e. The topological polar surface area (TPSA) is 114 Å². The molecule has 0 radical (unpaired) electrons. The highest BCUT2D eigenvalue weighted by Gasteiger charge is 2.61. The normalized spacial score (nSPS) is 18.3. The number of aromatic nitrogens is 2. The van der Waals surface area contributed by atoms with E-state index < -0.39 is 35.3 Å². The van der Waals surface area contributed by atoms with Crippen LogP contribution in [0.3, 0.4) is 0 Å². The van der Waals surface area contributed by atoms with Gasteiger partial charge in [-0.25, -0.2) is 14.8 Å². The van der Waals surface area contributed by atoms with Gasteiger partial charge in [0, 0.05) is 22.4 Å². The highest BCUT2D eigenvalue weighted by atomic mass is 35.5. The molecule has 3 aromatic rings. The van der Waals surface area contributed by atoms with Crippen LogP contribution < -0.4 is 0 Å². The molecule has 0 bridgehead atoms. The second kappa shape index (κ2) is 9.60. The number of ketones is 1. The van der Waals surface area contributed by atoms with Crippen molar-refractivity contribution in [3.63, 3.8) is 0 Å². The third-order valence-electron chi connectivity index (χ3n) is 6.24. The number of nitrogens with zero attached hydrogens (tertiary/aromatic N) is 2. The number of Topliss-reactive ketones (excluding diaryl/α,β-unsaturated/α-hetero) is 1. The number of carboxylic acid groups (broad SMARTS) is 1. The number of hydrogen-bond donors (Lipinski definition) is 2. The standard InChI is InChI=1S/C26H20ClF3N2O5/c1-13-5-3-6-17(22(13)33)23-31-12-21(37-23)25(36,26(28,29)30)14(2)16-10-9-15(11-18(16)27)19-7-4-8-20(32-19)24(34)35/h3-14,36H,1-2H3,(H,34,35). The van der Waals surface area contributed by atoms with Crippen molar-refractivity contribution < 1.29 is 37.4 Å². The van der Waals surface area contributed by atoms with E-state index in [-0.39, 0.29) is 39.2 Å². The summed E-state index contributed by atoms with van der Waals surface area (Å²) in [6.07, 6.45) is 0.132. The van der Waals surface area contributed by atoms with Crippen LogP contribution in [0.25, 0.3) is 16.8 Å². The Bertz CT molecular complexity index is 1450. The number of carboxylic acids is 1. The molecular weight excluding hydrogens is 513 g/mol. The second-order valence-electron chi connectivity index (χ2n) is 8.58. The molecule has 0 saturated carbocycles. The van der Waals surface area contributed by atoms with Gasteiger partial charge in [-0.3, -0.25) is 4.79 Å². The number of allylic oxidation sites excluding steroid dienone is 4. The molecule has 2 N–H and O–H groups in total. The maximum absolute atomic E-state index is 14.4. The third-order valence-corrected chi connectivity index (χ3v) is 6.57. The molecule has 1 aromatic carbocycles. The molecule has 4 rings (SSSR count). The Morgan fingerprint density at radius 3 is 2.59 bits per heavy atom. The summed E-state index contributed by atoms with van der Waals surface area (Å²) in [4.78, 5) is 31.5. The van der Waals surface area contributed by atoms with E-state index in [1.807, 2.05) is 0 Å². The maximum atomic E-state index is 14.4. The minimum absolute atomic E-state index is 0.00287. The van der Waals surface area contributed by atoms with Gasteiger partial charge in [-0.1, -0.05) is 55.8 Å². The number of carbonyl (C=O) groups excluding carboxylic acids is 1. The van der Waals surface area contributed by atoms with Crippen LogP contribution in [0, 0.1) is 5.92 Å². The SMILES string of the molecule is CC1C=CC=C(c2ncc(C(O)(C(C)c3ccc(-c4cccc(C(=O)O)n4)cc3Cl)C(F)(F)F)o2)C1=O. The Morgan fingerprint density at radius 2 is 1.95 bits per heavy atom. The molecule has 0 aliphatic heterocycles. The lowest BCUT2D eigenvalue weighted by Crippen LogP contribution is -2.46. The van der Waals surface area contributed by atoms with Crippen molar-refractivity contribution in [1.82, 2.24) is 9.97 Å². The number of hydrogen-bond acceptors (Lipinski definition) is 6. The summed E-state index contributed by atoms with van der Waals surface area (Å²) in [5, 5.41) is 20.1. The fraction of sp³-hybridized carbons (Fsp3) is 0.231. The van der Waals surface area contributed by atoms with E-state index in [0.717, 1.165) is 13.1 Å². The summed E-state index contributed by atoms with van der Waals surface area (Å²) in [5.74, 6) is -5.01. The van der Waals surface area contributed by atoms with E-state index in [1.165, 1.54) is 42.5 Å². The summed E-state index contributed by atoms with van der Waals surface area (Å²) in [6.45, 7) is 2.76. The lowest BCUT2D eigenvalue weighted by atomic mass is 9.80. The first-order chi connectivity index (χ1) is 17.3. The summed E-state index contributed by atoms with van der Waals surface area (Å²) in [7, 11) is 0. The number of rotatable bonds is 6. The molecule has 3 atom stereocenters. The van der Waals surface area contributed by atoms with Crippen LogP contribution in [0.5, 0.6) is 0 Å². The molecule has 3 unspecified atom stereocenters. The summed E-state index contributed by atoms with van der Waals surface area (Å²) in [6, 6.07) is 8.36. The van der Waals surface area contributed by atoms with Gasteiger partial charge in [-0.05, 0) is 29.8 Å². The molecule has 37 heavy (non-hydrogen) atoms. The van der Waals surface area contributed by atoms with Crippen molar-refractivity contribution >= 4 is 28.9 Å². The number of oxazole rings is 1. The van der Waals surface area contributed by atoms with Crippen LogP contribution in [-0.4, -0.2) is 38.1 Å². The zero-order valence-electron chi connectivity index (χ0n) is 19.5. The molecule has 1 aliphatic rings. The monoisotopic (exact) mass is 532 g/mol. The van der Waals surface area contributed by atoms with E-state index >= 15 is 0 Å². The molecule has 2 heterocycles. The largest absolute Gasteiger partial charge is 0.477 e. The quantitative estimate of drug-likeness (QED) is 0.412. The van der Waals surface area contributed by atoms with Gasteiger partial charge in [0.05, 0.1) is 17.5 Å². The summed E-state index contributed by atoms with van der Waals surface area (Å²) in [5.41, 5.74) is -3.19. The van der Waals surface area contributed by atoms with Crippen LogP contribution in [0.15, 0.2) is 65.2 Å². The van der Waals surface area contributed by atoms with Crippen molar-refractivity contribution in [3.05, 3.63) is 88.8 Å². The smallest absolute Gasteiger partial charge is 0.425 e. The molecule has 192 valence electrons. The Labute approximate surface area is 213 Å². The molecule has 0 saturated heterocycles.